The quantitative estimate of drug-likeness (QED) is 0.363. The van der Waals surface area contributed by atoms with Gasteiger partial charge in [-0.15, -0.1) is 0 Å². The third-order valence-electron chi connectivity index (χ3n) is 4.76. The summed E-state index contributed by atoms with van der Waals surface area (Å²) in [6.07, 6.45) is 1.97. The molecule has 2 heteroatoms. The molecule has 3 aromatic carbocycles. The third kappa shape index (κ3) is 5.87. The van der Waals surface area contributed by atoms with E-state index in [0.29, 0.717) is 17.7 Å². The number of ketones is 1. The maximum Gasteiger partial charge on any atom is 0.190 e. The van der Waals surface area contributed by atoms with Gasteiger partial charge in [0.2, 0.25) is 0 Å². The lowest BCUT2D eigenvalue weighted by molar-refractivity contribution is -0.110. The van der Waals surface area contributed by atoms with Gasteiger partial charge in [0, 0.05) is 24.2 Å². The molecule has 0 unspecified atom stereocenters. The smallest absolute Gasteiger partial charge is 0.190 e. The maximum absolute atomic E-state index is 13.3. The third-order valence-corrected chi connectivity index (χ3v) is 4.76. The second-order valence-electron chi connectivity index (χ2n) is 7.43. The molecule has 0 heterocycles. The number of nitrogens with zero attached hydrogens (tertiary/aromatic N) is 1. The number of hydrogen-bond donors (Lipinski definition) is 0. The first-order chi connectivity index (χ1) is 14.0. The van der Waals surface area contributed by atoms with Crippen LogP contribution >= 0.6 is 0 Å². The highest BCUT2D eigenvalue weighted by Gasteiger charge is 2.17. The van der Waals surface area contributed by atoms with E-state index in [1.165, 1.54) is 11.1 Å². The molecule has 0 aliphatic heterocycles. The summed E-state index contributed by atoms with van der Waals surface area (Å²) in [6, 6.07) is 28.2. The van der Waals surface area contributed by atoms with E-state index in [1.54, 1.807) is 0 Å². The van der Waals surface area contributed by atoms with Crippen LogP contribution in [0.4, 0.5) is 0 Å². The van der Waals surface area contributed by atoms with Crippen LogP contribution in [0, 0.1) is 6.92 Å². The molecule has 146 valence electrons. The number of rotatable bonds is 8. The van der Waals surface area contributed by atoms with Crippen molar-refractivity contribution in [3.8, 4) is 0 Å². The van der Waals surface area contributed by atoms with E-state index in [2.05, 4.69) is 42.7 Å². The lowest BCUT2D eigenvalue weighted by Crippen LogP contribution is -2.23. The average Bonchev–Trinajstić information content (AvgIpc) is 2.73. The first kappa shape index (κ1) is 20.5. The summed E-state index contributed by atoms with van der Waals surface area (Å²) in [7, 11) is 2.01. The van der Waals surface area contributed by atoms with Gasteiger partial charge in [0.1, 0.15) is 0 Å². The zero-order chi connectivity index (χ0) is 20.6. The lowest BCUT2D eigenvalue weighted by Gasteiger charge is -2.18. The van der Waals surface area contributed by atoms with Gasteiger partial charge in [0.05, 0.1) is 0 Å². The highest BCUT2D eigenvalue weighted by Crippen LogP contribution is 2.23. The van der Waals surface area contributed by atoms with E-state index >= 15 is 0 Å². The molecule has 0 fully saturated rings. The first-order valence-electron chi connectivity index (χ1n) is 9.81. The molecular formula is C27H27NO. The summed E-state index contributed by atoms with van der Waals surface area (Å²) in [5.74, 6) is -0.0161. The Morgan fingerprint density at radius 3 is 2.24 bits per heavy atom. The van der Waals surface area contributed by atoms with Crippen LogP contribution in [0.3, 0.4) is 0 Å². The highest BCUT2D eigenvalue weighted by molar-refractivity contribution is 6.32. The standard InChI is InChI=1S/C27H27NO/c1-21-11-10-14-24(17-21)18-26(25-15-8-5-9-16-25)27(29)22(2)19-28(3)20-23-12-6-4-7-13-23/h4-18H,2,19-20H2,1,3H3/b26-18-. The van der Waals surface area contributed by atoms with Crippen molar-refractivity contribution in [2.24, 2.45) is 0 Å². The van der Waals surface area contributed by atoms with Gasteiger partial charge < -0.3 is 0 Å². The Balaban J connectivity index is 1.81. The Morgan fingerprint density at radius 2 is 1.59 bits per heavy atom. The Bertz CT molecular complexity index is 1000. The molecule has 0 aliphatic carbocycles. The summed E-state index contributed by atoms with van der Waals surface area (Å²) >= 11 is 0. The van der Waals surface area contributed by atoms with Crippen molar-refractivity contribution in [2.75, 3.05) is 13.6 Å². The fourth-order valence-electron chi connectivity index (χ4n) is 3.36. The molecule has 0 saturated heterocycles. The van der Waals surface area contributed by atoms with Crippen LogP contribution in [0.5, 0.6) is 0 Å². The molecule has 3 aromatic rings. The zero-order valence-corrected chi connectivity index (χ0v) is 17.1. The number of likely N-dealkylation sites (N-methyl/N-ethyl adjacent to an activating group) is 1. The van der Waals surface area contributed by atoms with Crippen molar-refractivity contribution >= 4 is 17.4 Å². The molecule has 0 aliphatic rings. The predicted octanol–water partition coefficient (Wildman–Crippen LogP) is 5.79. The van der Waals surface area contributed by atoms with Gasteiger partial charge in [0.25, 0.3) is 0 Å². The summed E-state index contributed by atoms with van der Waals surface area (Å²) in [6.45, 7) is 7.46. The minimum Gasteiger partial charge on any atom is -0.298 e. The van der Waals surface area contributed by atoms with Crippen molar-refractivity contribution in [3.05, 3.63) is 119 Å². The normalized spacial score (nSPS) is 11.5. The summed E-state index contributed by atoms with van der Waals surface area (Å²) < 4.78 is 0. The molecule has 29 heavy (non-hydrogen) atoms. The van der Waals surface area contributed by atoms with E-state index in [-0.39, 0.29) is 5.78 Å². The van der Waals surface area contributed by atoms with Crippen LogP contribution < -0.4 is 0 Å². The molecule has 0 amide bonds. The number of benzene rings is 3. The van der Waals surface area contributed by atoms with Gasteiger partial charge in [0.15, 0.2) is 5.78 Å². The number of allylic oxidation sites excluding steroid dienone is 1. The molecule has 3 rings (SSSR count). The zero-order valence-electron chi connectivity index (χ0n) is 17.1. The second kappa shape index (κ2) is 9.81. The summed E-state index contributed by atoms with van der Waals surface area (Å²) in [5.41, 5.74) is 5.57. The SMILES string of the molecule is C=C(CN(C)Cc1ccccc1)C(=O)/C(=C\c1cccc(C)c1)c1ccccc1. The molecule has 0 N–H and O–H groups in total. The number of carbonyl (C=O) groups excluding carboxylic acids is 1. The van der Waals surface area contributed by atoms with Gasteiger partial charge in [-0.2, -0.15) is 0 Å². The van der Waals surface area contributed by atoms with Gasteiger partial charge >= 0.3 is 0 Å². The Hall–Kier alpha value is -3.23. The van der Waals surface area contributed by atoms with E-state index in [1.807, 2.05) is 73.8 Å². The van der Waals surface area contributed by atoms with Crippen molar-refractivity contribution < 1.29 is 4.79 Å². The minimum atomic E-state index is -0.0161. The monoisotopic (exact) mass is 381 g/mol. The number of hydrogen-bond acceptors (Lipinski definition) is 2. The molecule has 0 aromatic heterocycles. The number of Topliss-reactive ketones (excluding diaryl/α,β-unsaturated/α-hetero) is 1. The largest absolute Gasteiger partial charge is 0.298 e. The maximum atomic E-state index is 13.3. The fraction of sp³-hybridized carbons (Fsp3) is 0.148. The molecule has 2 nitrogen and oxygen atoms in total. The van der Waals surface area contributed by atoms with Crippen LogP contribution in [-0.2, 0) is 11.3 Å². The van der Waals surface area contributed by atoms with Gasteiger partial charge in [-0.05, 0) is 36.7 Å². The van der Waals surface area contributed by atoms with Crippen LogP contribution in [0.2, 0.25) is 0 Å². The van der Waals surface area contributed by atoms with Crippen LogP contribution in [0.15, 0.2) is 97.1 Å². The molecular weight excluding hydrogens is 354 g/mol. The number of aryl methyl sites for hydroxylation is 1. The molecule has 0 bridgehead atoms. The Kier molecular flexibility index (Phi) is 6.94. The molecule has 0 radical (unpaired) electrons. The van der Waals surface area contributed by atoms with E-state index < -0.39 is 0 Å². The van der Waals surface area contributed by atoms with Crippen LogP contribution in [0.25, 0.3) is 11.6 Å². The Labute approximate surface area is 173 Å². The molecule has 0 saturated carbocycles. The average molecular weight is 382 g/mol. The van der Waals surface area contributed by atoms with Crippen molar-refractivity contribution in [1.29, 1.82) is 0 Å². The first-order valence-corrected chi connectivity index (χ1v) is 9.81. The summed E-state index contributed by atoms with van der Waals surface area (Å²) in [5, 5.41) is 0. The topological polar surface area (TPSA) is 20.3 Å². The van der Waals surface area contributed by atoms with Gasteiger partial charge in [-0.25, -0.2) is 0 Å². The predicted molar refractivity (Wildman–Crippen MR) is 122 cm³/mol. The minimum absolute atomic E-state index is 0.0161. The number of carbonyl (C=O) groups is 1. The summed E-state index contributed by atoms with van der Waals surface area (Å²) in [4.78, 5) is 15.4. The van der Waals surface area contributed by atoms with Gasteiger partial charge in [-0.3, -0.25) is 9.69 Å². The van der Waals surface area contributed by atoms with Gasteiger partial charge in [-0.1, -0.05) is 97.1 Å². The van der Waals surface area contributed by atoms with E-state index in [9.17, 15) is 4.79 Å². The Morgan fingerprint density at radius 1 is 0.931 bits per heavy atom. The molecule has 0 atom stereocenters. The van der Waals surface area contributed by atoms with Crippen LogP contribution in [-0.4, -0.2) is 24.3 Å². The highest BCUT2D eigenvalue weighted by atomic mass is 16.1. The van der Waals surface area contributed by atoms with Crippen LogP contribution in [0.1, 0.15) is 22.3 Å². The fourth-order valence-corrected chi connectivity index (χ4v) is 3.36. The van der Waals surface area contributed by atoms with E-state index in [0.717, 1.165) is 17.7 Å². The van der Waals surface area contributed by atoms with Crippen molar-refractivity contribution in [2.45, 2.75) is 13.5 Å². The van der Waals surface area contributed by atoms with Crippen molar-refractivity contribution in [1.82, 2.24) is 4.90 Å². The second-order valence-corrected chi connectivity index (χ2v) is 7.43. The molecule has 0 spiro atoms. The lowest BCUT2D eigenvalue weighted by atomic mass is 9.94. The van der Waals surface area contributed by atoms with E-state index in [4.69, 9.17) is 0 Å². The van der Waals surface area contributed by atoms with Crippen molar-refractivity contribution in [3.63, 3.8) is 0 Å².